The van der Waals surface area contributed by atoms with Crippen molar-refractivity contribution in [3.05, 3.63) is 98.2 Å². The second-order valence-electron chi connectivity index (χ2n) is 15.7. The van der Waals surface area contributed by atoms with E-state index < -0.39 is 0 Å². The van der Waals surface area contributed by atoms with Crippen LogP contribution in [0.5, 0.6) is 5.75 Å². The molecule has 0 aliphatic rings. The van der Waals surface area contributed by atoms with Gasteiger partial charge in [0.2, 0.25) is 0 Å². The van der Waals surface area contributed by atoms with Crippen molar-refractivity contribution >= 4 is 11.0 Å². The van der Waals surface area contributed by atoms with Crippen molar-refractivity contribution in [3.63, 3.8) is 0 Å². The summed E-state index contributed by atoms with van der Waals surface area (Å²) >= 11 is 0. The van der Waals surface area contributed by atoms with Crippen LogP contribution in [0.1, 0.15) is 116 Å². The zero-order valence-corrected chi connectivity index (χ0v) is 27.2. The van der Waals surface area contributed by atoms with Crippen molar-refractivity contribution in [3.8, 4) is 17.1 Å². The molecule has 0 fully saturated rings. The van der Waals surface area contributed by atoms with E-state index in [9.17, 15) is 9.90 Å². The predicted octanol–water partition coefficient (Wildman–Crippen LogP) is 9.95. The van der Waals surface area contributed by atoms with E-state index in [1.54, 1.807) is 0 Å². The Hall–Kier alpha value is -3.33. The van der Waals surface area contributed by atoms with Gasteiger partial charge >= 0.3 is 0 Å². The Morgan fingerprint density at radius 1 is 0.659 bits per heavy atom. The fourth-order valence-corrected chi connectivity index (χ4v) is 5.33. The van der Waals surface area contributed by atoms with Gasteiger partial charge in [-0.3, -0.25) is 4.79 Å². The van der Waals surface area contributed by atoms with Crippen molar-refractivity contribution in [1.82, 2.24) is 0 Å². The van der Waals surface area contributed by atoms with Gasteiger partial charge in [-0.1, -0.05) is 132 Å². The number of fused-ring (bicyclic) bond motifs is 1. The lowest BCUT2D eigenvalue weighted by atomic mass is 9.78. The minimum absolute atomic E-state index is 0.0421. The van der Waals surface area contributed by atoms with E-state index in [1.807, 2.05) is 36.4 Å². The first-order valence-corrected chi connectivity index (χ1v) is 14.8. The summed E-state index contributed by atoms with van der Waals surface area (Å²) in [6, 6.07) is 18.3. The van der Waals surface area contributed by atoms with Crippen molar-refractivity contribution in [2.24, 2.45) is 0 Å². The summed E-state index contributed by atoms with van der Waals surface area (Å²) in [5, 5.41) is 12.2. The third-order valence-electron chi connectivity index (χ3n) is 8.03. The normalized spacial score (nSPS) is 13.2. The smallest absolute Gasteiger partial charge is 0.196 e. The molecule has 1 heterocycles. The molecule has 0 saturated carbocycles. The number of hydrogen-bond donors (Lipinski definition) is 1. The number of rotatable bonds is 3. The van der Waals surface area contributed by atoms with Gasteiger partial charge in [-0.25, -0.2) is 0 Å². The molecule has 1 N–H and O–H groups in total. The van der Waals surface area contributed by atoms with E-state index in [2.05, 4.69) is 101 Å². The van der Waals surface area contributed by atoms with Crippen molar-refractivity contribution in [2.45, 2.75) is 111 Å². The van der Waals surface area contributed by atoms with Crippen LogP contribution in [0, 0.1) is 0 Å². The van der Waals surface area contributed by atoms with Gasteiger partial charge in [0.1, 0.15) is 17.1 Å². The van der Waals surface area contributed by atoms with E-state index in [0.717, 1.165) is 33.4 Å². The molecule has 4 aromatic rings. The number of aromatic hydroxyl groups is 1. The van der Waals surface area contributed by atoms with Crippen LogP contribution < -0.4 is 5.43 Å². The minimum Gasteiger partial charge on any atom is -0.507 e. The third-order valence-corrected chi connectivity index (χ3v) is 8.03. The Bertz CT molecular complexity index is 1640. The van der Waals surface area contributed by atoms with Gasteiger partial charge in [-0.2, -0.15) is 0 Å². The Morgan fingerprint density at radius 3 is 1.68 bits per heavy atom. The van der Waals surface area contributed by atoms with Gasteiger partial charge in [0.15, 0.2) is 5.43 Å². The molecule has 218 valence electrons. The summed E-state index contributed by atoms with van der Waals surface area (Å²) in [5.74, 6) is 0.817. The first-order valence-electron chi connectivity index (χ1n) is 14.8. The molecule has 1 aromatic heterocycles. The topological polar surface area (TPSA) is 50.4 Å². The van der Waals surface area contributed by atoms with E-state index >= 15 is 0 Å². The Balaban J connectivity index is 2.13. The summed E-state index contributed by atoms with van der Waals surface area (Å²) in [4.78, 5) is 14.6. The quantitative estimate of drug-likeness (QED) is 0.275. The first kappa shape index (κ1) is 30.6. The molecule has 0 amide bonds. The van der Waals surface area contributed by atoms with Crippen LogP contribution in [-0.2, 0) is 28.1 Å². The van der Waals surface area contributed by atoms with Gasteiger partial charge in [0.25, 0.3) is 0 Å². The molecule has 4 rings (SSSR count). The van der Waals surface area contributed by atoms with Gasteiger partial charge < -0.3 is 9.52 Å². The maximum absolute atomic E-state index is 14.6. The van der Waals surface area contributed by atoms with E-state index in [-0.39, 0.29) is 39.3 Å². The largest absolute Gasteiger partial charge is 0.507 e. The zero-order valence-electron chi connectivity index (χ0n) is 27.2. The monoisotopic (exact) mass is 552 g/mol. The SMILES string of the molecule is CC(C)(C)c1cc(Cc2c(-c3ccccc3)oc3c(C(C)(C)C)cc(C(C)(C)C)cc3c2=O)c(O)c(C(C)(C)C)c1. The highest BCUT2D eigenvalue weighted by molar-refractivity contribution is 5.85. The Kier molecular flexibility index (Phi) is 7.61. The van der Waals surface area contributed by atoms with Crippen molar-refractivity contribution < 1.29 is 9.52 Å². The molecule has 41 heavy (non-hydrogen) atoms. The molecular formula is C38H48O3. The molecule has 0 atom stereocenters. The highest BCUT2D eigenvalue weighted by Crippen LogP contribution is 2.41. The van der Waals surface area contributed by atoms with Gasteiger partial charge in [0.05, 0.1) is 5.39 Å². The van der Waals surface area contributed by atoms with Crippen LogP contribution in [0.3, 0.4) is 0 Å². The third kappa shape index (κ3) is 6.15. The fourth-order valence-electron chi connectivity index (χ4n) is 5.33. The highest BCUT2D eigenvalue weighted by atomic mass is 16.3. The summed E-state index contributed by atoms with van der Waals surface area (Å²) in [7, 11) is 0. The van der Waals surface area contributed by atoms with Crippen LogP contribution in [0.25, 0.3) is 22.3 Å². The predicted molar refractivity (Wildman–Crippen MR) is 174 cm³/mol. The van der Waals surface area contributed by atoms with Crippen LogP contribution in [0.2, 0.25) is 0 Å². The number of hydrogen-bond acceptors (Lipinski definition) is 3. The van der Waals surface area contributed by atoms with Gasteiger partial charge in [0, 0.05) is 23.1 Å². The van der Waals surface area contributed by atoms with Crippen LogP contribution in [0.15, 0.2) is 63.8 Å². The summed E-state index contributed by atoms with van der Waals surface area (Å²) in [6.45, 7) is 25.9. The van der Waals surface area contributed by atoms with Crippen LogP contribution in [-0.4, -0.2) is 5.11 Å². The van der Waals surface area contributed by atoms with Crippen molar-refractivity contribution in [2.75, 3.05) is 0 Å². The van der Waals surface area contributed by atoms with Gasteiger partial charge in [-0.15, -0.1) is 0 Å². The van der Waals surface area contributed by atoms with Crippen LogP contribution >= 0.6 is 0 Å². The van der Waals surface area contributed by atoms with Crippen LogP contribution in [0.4, 0.5) is 0 Å². The lowest BCUT2D eigenvalue weighted by Gasteiger charge is -2.28. The molecule has 0 radical (unpaired) electrons. The first-order chi connectivity index (χ1) is 18.7. The molecule has 0 saturated heterocycles. The average molecular weight is 553 g/mol. The minimum atomic E-state index is -0.264. The van der Waals surface area contributed by atoms with Gasteiger partial charge in [-0.05, 0) is 50.0 Å². The lowest BCUT2D eigenvalue weighted by Crippen LogP contribution is -2.21. The molecule has 0 aliphatic carbocycles. The fraction of sp³-hybridized carbons (Fsp3) is 0.447. The van der Waals surface area contributed by atoms with E-state index in [4.69, 9.17) is 4.42 Å². The lowest BCUT2D eigenvalue weighted by molar-refractivity contribution is 0.439. The number of phenolic OH excluding ortho intramolecular Hbond substituents is 1. The molecule has 0 bridgehead atoms. The Morgan fingerprint density at radius 2 is 1.17 bits per heavy atom. The summed E-state index contributed by atoms with van der Waals surface area (Å²) in [6.07, 6.45) is 0.270. The Labute approximate surface area is 246 Å². The number of benzene rings is 3. The van der Waals surface area contributed by atoms with E-state index in [0.29, 0.717) is 22.3 Å². The summed E-state index contributed by atoms with van der Waals surface area (Å²) < 4.78 is 6.81. The van der Waals surface area contributed by atoms with E-state index in [1.165, 1.54) is 0 Å². The summed E-state index contributed by atoms with van der Waals surface area (Å²) in [5.41, 5.74) is 6.15. The molecule has 3 aromatic carbocycles. The zero-order chi connectivity index (χ0) is 30.7. The molecule has 0 aliphatic heterocycles. The van der Waals surface area contributed by atoms with Crippen molar-refractivity contribution in [1.29, 1.82) is 0 Å². The molecular weight excluding hydrogens is 504 g/mol. The molecule has 0 spiro atoms. The molecule has 3 nitrogen and oxygen atoms in total. The maximum Gasteiger partial charge on any atom is 0.196 e. The average Bonchev–Trinajstić information content (AvgIpc) is 2.84. The molecule has 3 heteroatoms. The highest BCUT2D eigenvalue weighted by Gasteiger charge is 2.29. The molecule has 0 unspecified atom stereocenters. The standard InChI is InChI=1S/C38H48O3/c1-35(2,3)25-18-24(31(39)29(21-25)37(7,8)9)19-27-32(40)28-20-26(36(4,5)6)22-30(38(10,11)12)34(28)41-33(27)23-16-14-13-15-17-23/h13-18,20-22,39H,19H2,1-12H3. The second kappa shape index (κ2) is 10.2. The second-order valence-corrected chi connectivity index (χ2v) is 15.7. The maximum atomic E-state index is 14.6. The number of phenols is 1.